The molecule has 0 atom stereocenters. The average molecular weight is 276 g/mol. The van der Waals surface area contributed by atoms with E-state index in [0.717, 1.165) is 37.8 Å². The summed E-state index contributed by atoms with van der Waals surface area (Å²) in [4.78, 5) is 12.6. The number of amides is 1. The highest BCUT2D eigenvalue weighted by molar-refractivity contribution is 5.95. The zero-order chi connectivity index (χ0) is 15.0. The van der Waals surface area contributed by atoms with Gasteiger partial charge in [-0.3, -0.25) is 4.79 Å². The Bertz CT molecular complexity index is 406. The Labute approximate surface area is 122 Å². The summed E-state index contributed by atoms with van der Waals surface area (Å²) in [6, 6.07) is 8.05. The minimum atomic E-state index is -0.424. The molecule has 1 aromatic rings. The Morgan fingerprint density at radius 2 is 1.65 bits per heavy atom. The number of hydrogen-bond donors (Lipinski definition) is 2. The lowest BCUT2D eigenvalue weighted by Gasteiger charge is -2.30. The molecule has 0 aliphatic heterocycles. The zero-order valence-electron chi connectivity index (χ0n) is 13.0. The molecule has 0 spiro atoms. The maximum Gasteiger partial charge on any atom is 0.231 e. The van der Waals surface area contributed by atoms with Gasteiger partial charge in [-0.2, -0.15) is 0 Å². The molecule has 0 aliphatic rings. The Kier molecular flexibility index (Phi) is 6.73. The van der Waals surface area contributed by atoms with Crippen LogP contribution in [0, 0.1) is 5.41 Å². The third-order valence-corrected chi connectivity index (χ3v) is 3.95. The maximum atomic E-state index is 12.6. The summed E-state index contributed by atoms with van der Waals surface area (Å²) in [5.74, 6) is 0.0629. The van der Waals surface area contributed by atoms with Crippen LogP contribution in [0.5, 0.6) is 0 Å². The minimum absolute atomic E-state index is 0.0629. The maximum absolute atomic E-state index is 12.6. The smallest absolute Gasteiger partial charge is 0.231 e. The number of nitrogens with two attached hydrogens (primary N) is 1. The molecule has 0 saturated heterocycles. The van der Waals surface area contributed by atoms with E-state index in [1.54, 1.807) is 0 Å². The van der Waals surface area contributed by atoms with Gasteiger partial charge in [-0.1, -0.05) is 45.7 Å². The van der Waals surface area contributed by atoms with E-state index in [9.17, 15) is 4.79 Å². The van der Waals surface area contributed by atoms with Crippen LogP contribution >= 0.6 is 0 Å². The van der Waals surface area contributed by atoms with Crippen molar-refractivity contribution in [2.24, 2.45) is 11.1 Å². The predicted octanol–water partition coefficient (Wildman–Crippen LogP) is 3.73. The number of carbonyl (C=O) groups excluding carboxylic acids is 1. The van der Waals surface area contributed by atoms with Gasteiger partial charge in [-0.25, -0.2) is 0 Å². The van der Waals surface area contributed by atoms with Crippen molar-refractivity contribution in [1.29, 1.82) is 0 Å². The standard InChI is InChI=1S/C17H28N2O/c1-4-11-17(13-18,12-5-2)16(20)19-15-9-7-14(6-3)8-10-15/h7-10H,4-6,11-13,18H2,1-3H3,(H,19,20). The number of rotatable bonds is 8. The number of anilines is 1. The Balaban J connectivity index is 2.83. The molecular formula is C17H28N2O. The molecule has 0 saturated carbocycles. The Morgan fingerprint density at radius 3 is 2.05 bits per heavy atom. The van der Waals surface area contributed by atoms with Crippen molar-refractivity contribution in [3.63, 3.8) is 0 Å². The van der Waals surface area contributed by atoms with Gasteiger partial charge in [0.05, 0.1) is 5.41 Å². The van der Waals surface area contributed by atoms with E-state index in [0.29, 0.717) is 6.54 Å². The summed E-state index contributed by atoms with van der Waals surface area (Å²) >= 11 is 0. The second-order valence-corrected chi connectivity index (χ2v) is 5.49. The van der Waals surface area contributed by atoms with Gasteiger partial charge in [-0.05, 0) is 37.0 Å². The number of carbonyl (C=O) groups is 1. The van der Waals surface area contributed by atoms with Crippen molar-refractivity contribution in [1.82, 2.24) is 0 Å². The van der Waals surface area contributed by atoms with E-state index < -0.39 is 5.41 Å². The van der Waals surface area contributed by atoms with Crippen LogP contribution in [0.1, 0.15) is 52.0 Å². The Morgan fingerprint density at radius 1 is 1.10 bits per heavy atom. The molecule has 1 amide bonds. The van der Waals surface area contributed by atoms with Crippen LogP contribution in [0.3, 0.4) is 0 Å². The van der Waals surface area contributed by atoms with Gasteiger partial charge in [0.15, 0.2) is 0 Å². The van der Waals surface area contributed by atoms with Crippen LogP contribution in [0.25, 0.3) is 0 Å². The van der Waals surface area contributed by atoms with Gasteiger partial charge >= 0.3 is 0 Å². The summed E-state index contributed by atoms with van der Waals surface area (Å²) in [7, 11) is 0. The number of hydrogen-bond acceptors (Lipinski definition) is 2. The SMILES string of the molecule is CCCC(CN)(CCC)C(=O)Nc1ccc(CC)cc1. The third kappa shape index (κ3) is 4.07. The fourth-order valence-corrected chi connectivity index (χ4v) is 2.69. The second kappa shape index (κ2) is 8.05. The normalized spacial score (nSPS) is 11.4. The van der Waals surface area contributed by atoms with Crippen LogP contribution in [-0.2, 0) is 11.2 Å². The van der Waals surface area contributed by atoms with E-state index in [-0.39, 0.29) is 5.91 Å². The summed E-state index contributed by atoms with van der Waals surface area (Å²) < 4.78 is 0. The van der Waals surface area contributed by atoms with Crippen molar-refractivity contribution >= 4 is 11.6 Å². The van der Waals surface area contributed by atoms with Crippen LogP contribution in [0.2, 0.25) is 0 Å². The molecule has 0 fully saturated rings. The highest BCUT2D eigenvalue weighted by Gasteiger charge is 2.35. The molecule has 20 heavy (non-hydrogen) atoms. The lowest BCUT2D eigenvalue weighted by molar-refractivity contribution is -0.126. The number of benzene rings is 1. The second-order valence-electron chi connectivity index (χ2n) is 5.49. The van der Waals surface area contributed by atoms with Crippen molar-refractivity contribution < 1.29 is 4.79 Å². The molecule has 112 valence electrons. The topological polar surface area (TPSA) is 55.1 Å². The molecule has 0 bridgehead atoms. The molecule has 1 aromatic carbocycles. The first-order valence-electron chi connectivity index (χ1n) is 7.72. The van der Waals surface area contributed by atoms with E-state index >= 15 is 0 Å². The zero-order valence-corrected chi connectivity index (χ0v) is 13.0. The first-order chi connectivity index (χ1) is 9.61. The van der Waals surface area contributed by atoms with E-state index in [1.165, 1.54) is 5.56 Å². The quantitative estimate of drug-likeness (QED) is 0.760. The number of nitrogens with one attached hydrogen (secondary N) is 1. The highest BCUT2D eigenvalue weighted by atomic mass is 16.2. The fourth-order valence-electron chi connectivity index (χ4n) is 2.69. The van der Waals surface area contributed by atoms with Crippen LogP contribution in [0.4, 0.5) is 5.69 Å². The lowest BCUT2D eigenvalue weighted by Crippen LogP contribution is -2.42. The molecule has 1 rings (SSSR count). The van der Waals surface area contributed by atoms with E-state index in [2.05, 4.69) is 38.2 Å². The third-order valence-electron chi connectivity index (χ3n) is 3.95. The van der Waals surface area contributed by atoms with Gasteiger partial charge in [0.2, 0.25) is 5.91 Å². The van der Waals surface area contributed by atoms with Crippen molar-refractivity contribution in [3.05, 3.63) is 29.8 Å². The van der Waals surface area contributed by atoms with E-state index in [4.69, 9.17) is 5.73 Å². The van der Waals surface area contributed by atoms with Gasteiger partial charge in [-0.15, -0.1) is 0 Å². The summed E-state index contributed by atoms with van der Waals surface area (Å²) in [5.41, 5.74) is 7.63. The van der Waals surface area contributed by atoms with Crippen molar-refractivity contribution in [3.8, 4) is 0 Å². The molecule has 0 aliphatic carbocycles. The molecule has 0 radical (unpaired) electrons. The minimum Gasteiger partial charge on any atom is -0.329 e. The molecule has 3 N–H and O–H groups in total. The van der Waals surface area contributed by atoms with Crippen LogP contribution in [0.15, 0.2) is 24.3 Å². The molecule has 3 nitrogen and oxygen atoms in total. The monoisotopic (exact) mass is 276 g/mol. The predicted molar refractivity (Wildman–Crippen MR) is 85.8 cm³/mol. The van der Waals surface area contributed by atoms with E-state index in [1.807, 2.05) is 12.1 Å². The van der Waals surface area contributed by atoms with Gasteiger partial charge in [0.25, 0.3) is 0 Å². The molecular weight excluding hydrogens is 248 g/mol. The highest BCUT2D eigenvalue weighted by Crippen LogP contribution is 2.30. The van der Waals surface area contributed by atoms with Gasteiger partial charge in [0.1, 0.15) is 0 Å². The summed E-state index contributed by atoms with van der Waals surface area (Å²) in [5, 5.41) is 3.04. The molecule has 3 heteroatoms. The van der Waals surface area contributed by atoms with Crippen molar-refractivity contribution in [2.45, 2.75) is 52.9 Å². The van der Waals surface area contributed by atoms with Gasteiger partial charge < -0.3 is 11.1 Å². The Hall–Kier alpha value is -1.35. The number of aryl methyl sites for hydroxylation is 1. The summed E-state index contributed by atoms with van der Waals surface area (Å²) in [6.45, 7) is 6.73. The fraction of sp³-hybridized carbons (Fsp3) is 0.588. The molecule has 0 aromatic heterocycles. The van der Waals surface area contributed by atoms with Gasteiger partial charge in [0, 0.05) is 12.2 Å². The first-order valence-corrected chi connectivity index (χ1v) is 7.72. The van der Waals surface area contributed by atoms with Crippen LogP contribution in [-0.4, -0.2) is 12.5 Å². The molecule has 0 heterocycles. The van der Waals surface area contributed by atoms with Crippen LogP contribution < -0.4 is 11.1 Å². The summed E-state index contributed by atoms with van der Waals surface area (Å²) in [6.07, 6.45) is 4.64. The average Bonchev–Trinajstić information content (AvgIpc) is 2.47. The lowest BCUT2D eigenvalue weighted by atomic mass is 9.78. The largest absolute Gasteiger partial charge is 0.329 e. The van der Waals surface area contributed by atoms with Crippen molar-refractivity contribution in [2.75, 3.05) is 11.9 Å². The molecule has 0 unspecified atom stereocenters. The first kappa shape index (κ1) is 16.7.